The highest BCUT2D eigenvalue weighted by atomic mass is 16.5. The van der Waals surface area contributed by atoms with Crippen LogP contribution in [0.4, 0.5) is 4.79 Å². The summed E-state index contributed by atoms with van der Waals surface area (Å²) in [7, 11) is 0. The van der Waals surface area contributed by atoms with Crippen LogP contribution in [0.3, 0.4) is 0 Å². The average Bonchev–Trinajstić information content (AvgIpc) is 2.95. The molecule has 0 aromatic carbocycles. The quantitative estimate of drug-likeness (QED) is 0.678. The Labute approximate surface area is 137 Å². The molecule has 2 bridgehead atoms. The number of carbonyl (C=O) groups is 1. The van der Waals surface area contributed by atoms with Crippen LogP contribution in [0.2, 0.25) is 0 Å². The van der Waals surface area contributed by atoms with E-state index in [2.05, 4.69) is 10.6 Å². The standard InChI is InChI=1S/C17H28N2O4/c20-5-8-23-17(3-6-22-7-4-17)10-18-16(21)19-15-13-11-1-2-12(9-11)14(13)15/h11-15,20H,1-10H2,(H2,18,19,21). The molecule has 4 aliphatic rings. The van der Waals surface area contributed by atoms with Crippen molar-refractivity contribution in [1.29, 1.82) is 0 Å². The van der Waals surface area contributed by atoms with Crippen LogP contribution in [0.25, 0.3) is 0 Å². The molecule has 0 aromatic rings. The van der Waals surface area contributed by atoms with E-state index in [0.29, 0.717) is 32.4 Å². The lowest BCUT2D eigenvalue weighted by Crippen LogP contribution is -2.51. The topological polar surface area (TPSA) is 79.8 Å². The Morgan fingerprint density at radius 3 is 2.57 bits per heavy atom. The Kier molecular flexibility index (Phi) is 4.24. The molecule has 3 N–H and O–H groups in total. The van der Waals surface area contributed by atoms with Crippen molar-refractivity contribution in [3.05, 3.63) is 0 Å². The maximum atomic E-state index is 12.3. The molecule has 6 nitrogen and oxygen atoms in total. The van der Waals surface area contributed by atoms with Gasteiger partial charge in [0.2, 0.25) is 0 Å². The molecule has 1 aliphatic heterocycles. The molecule has 1 heterocycles. The van der Waals surface area contributed by atoms with Gasteiger partial charge in [0.25, 0.3) is 0 Å². The third-order valence-corrected chi connectivity index (χ3v) is 6.51. The van der Waals surface area contributed by atoms with Crippen molar-refractivity contribution in [1.82, 2.24) is 10.6 Å². The van der Waals surface area contributed by atoms with Gasteiger partial charge in [0.15, 0.2) is 0 Å². The van der Waals surface area contributed by atoms with Crippen LogP contribution < -0.4 is 10.6 Å². The Morgan fingerprint density at radius 1 is 1.22 bits per heavy atom. The molecule has 3 saturated carbocycles. The lowest BCUT2D eigenvalue weighted by molar-refractivity contribution is -0.114. The first-order valence-corrected chi connectivity index (χ1v) is 9.09. The summed E-state index contributed by atoms with van der Waals surface area (Å²) in [5, 5.41) is 15.2. The van der Waals surface area contributed by atoms with Crippen LogP contribution in [-0.4, -0.2) is 55.8 Å². The summed E-state index contributed by atoms with van der Waals surface area (Å²) in [4.78, 5) is 12.3. The molecule has 4 atom stereocenters. The summed E-state index contributed by atoms with van der Waals surface area (Å²) in [6.07, 6.45) is 5.64. The van der Waals surface area contributed by atoms with Crippen molar-refractivity contribution in [2.45, 2.75) is 43.7 Å². The van der Waals surface area contributed by atoms with Gasteiger partial charge in [0.05, 0.1) is 18.8 Å². The summed E-state index contributed by atoms with van der Waals surface area (Å²) in [5.41, 5.74) is -0.392. The number of amides is 2. The van der Waals surface area contributed by atoms with Gasteiger partial charge in [-0.15, -0.1) is 0 Å². The zero-order valence-corrected chi connectivity index (χ0v) is 13.6. The van der Waals surface area contributed by atoms with Crippen LogP contribution in [0.1, 0.15) is 32.1 Å². The predicted octanol–water partition coefficient (Wildman–Crippen LogP) is 0.888. The van der Waals surface area contributed by atoms with Gasteiger partial charge in [-0.25, -0.2) is 4.79 Å². The maximum absolute atomic E-state index is 12.3. The summed E-state index contributed by atoms with van der Waals surface area (Å²) in [6.45, 7) is 2.08. The van der Waals surface area contributed by atoms with E-state index in [1.807, 2.05) is 0 Å². The third kappa shape index (κ3) is 2.96. The number of aliphatic hydroxyl groups excluding tert-OH is 1. The zero-order chi connectivity index (χ0) is 15.9. The maximum Gasteiger partial charge on any atom is 0.315 e. The molecular formula is C17H28N2O4. The second kappa shape index (κ2) is 6.22. The minimum Gasteiger partial charge on any atom is -0.394 e. The molecule has 23 heavy (non-hydrogen) atoms. The minimum atomic E-state index is -0.392. The molecule has 0 aromatic heterocycles. The van der Waals surface area contributed by atoms with Crippen molar-refractivity contribution < 1.29 is 19.4 Å². The van der Waals surface area contributed by atoms with Crippen molar-refractivity contribution in [2.24, 2.45) is 23.7 Å². The SMILES string of the molecule is O=C(NCC1(OCCO)CCOCC1)NC1C2C3CCC(C3)C12. The van der Waals surface area contributed by atoms with Gasteiger partial charge < -0.3 is 25.2 Å². The van der Waals surface area contributed by atoms with Crippen LogP contribution in [0.5, 0.6) is 0 Å². The second-order valence-electron chi connectivity index (χ2n) is 7.71. The number of ether oxygens (including phenoxy) is 2. The monoisotopic (exact) mass is 324 g/mol. The number of hydrogen-bond acceptors (Lipinski definition) is 4. The van der Waals surface area contributed by atoms with Gasteiger partial charge in [-0.05, 0) is 42.9 Å². The first kappa shape index (κ1) is 15.7. The smallest absolute Gasteiger partial charge is 0.315 e. The molecule has 4 fully saturated rings. The Balaban J connectivity index is 1.25. The highest BCUT2D eigenvalue weighted by Gasteiger charge is 2.65. The number of carbonyl (C=O) groups excluding carboxylic acids is 1. The lowest BCUT2D eigenvalue weighted by atomic mass is 9.94. The lowest BCUT2D eigenvalue weighted by Gasteiger charge is -2.37. The van der Waals surface area contributed by atoms with Gasteiger partial charge in [0, 0.05) is 38.6 Å². The summed E-state index contributed by atoms with van der Waals surface area (Å²) >= 11 is 0. The molecule has 3 aliphatic carbocycles. The molecule has 130 valence electrons. The Bertz CT molecular complexity index is 436. The predicted molar refractivity (Wildman–Crippen MR) is 84.0 cm³/mol. The van der Waals surface area contributed by atoms with Crippen LogP contribution in [-0.2, 0) is 9.47 Å². The molecule has 0 radical (unpaired) electrons. The fourth-order valence-corrected chi connectivity index (χ4v) is 5.34. The van der Waals surface area contributed by atoms with E-state index >= 15 is 0 Å². The van der Waals surface area contributed by atoms with E-state index in [0.717, 1.165) is 36.5 Å². The third-order valence-electron chi connectivity index (χ3n) is 6.51. The van der Waals surface area contributed by atoms with Gasteiger partial charge >= 0.3 is 6.03 Å². The molecular weight excluding hydrogens is 296 g/mol. The fraction of sp³-hybridized carbons (Fsp3) is 0.941. The van der Waals surface area contributed by atoms with Crippen molar-refractivity contribution in [3.8, 4) is 0 Å². The number of aliphatic hydroxyl groups is 1. The number of fused-ring (bicyclic) bond motifs is 5. The minimum absolute atomic E-state index is 0.00299. The second-order valence-corrected chi connectivity index (χ2v) is 7.71. The van der Waals surface area contributed by atoms with Gasteiger partial charge in [-0.3, -0.25) is 0 Å². The fourth-order valence-electron chi connectivity index (χ4n) is 5.34. The van der Waals surface area contributed by atoms with Gasteiger partial charge in [-0.1, -0.05) is 0 Å². The van der Waals surface area contributed by atoms with E-state index in [1.165, 1.54) is 19.3 Å². The van der Waals surface area contributed by atoms with E-state index < -0.39 is 5.60 Å². The highest BCUT2D eigenvalue weighted by molar-refractivity contribution is 5.75. The van der Waals surface area contributed by atoms with E-state index in [4.69, 9.17) is 14.6 Å². The number of rotatable bonds is 6. The van der Waals surface area contributed by atoms with Gasteiger partial charge in [-0.2, -0.15) is 0 Å². The van der Waals surface area contributed by atoms with Crippen LogP contribution in [0.15, 0.2) is 0 Å². The number of hydrogen-bond donors (Lipinski definition) is 3. The number of urea groups is 1. The summed E-state index contributed by atoms with van der Waals surface area (Å²) < 4.78 is 11.2. The van der Waals surface area contributed by atoms with Crippen LogP contribution >= 0.6 is 0 Å². The molecule has 2 amide bonds. The number of nitrogens with one attached hydrogen (secondary N) is 2. The first-order chi connectivity index (χ1) is 11.2. The van der Waals surface area contributed by atoms with Gasteiger partial charge in [0.1, 0.15) is 0 Å². The van der Waals surface area contributed by atoms with Crippen molar-refractivity contribution in [3.63, 3.8) is 0 Å². The molecule has 6 heteroatoms. The van der Waals surface area contributed by atoms with Crippen LogP contribution in [0, 0.1) is 23.7 Å². The normalized spacial score (nSPS) is 39.8. The summed E-state index contributed by atoms with van der Waals surface area (Å²) in [5.74, 6) is 3.24. The Morgan fingerprint density at radius 2 is 1.91 bits per heavy atom. The van der Waals surface area contributed by atoms with Crippen molar-refractivity contribution >= 4 is 6.03 Å². The Hall–Kier alpha value is -0.850. The van der Waals surface area contributed by atoms with E-state index in [9.17, 15) is 4.79 Å². The zero-order valence-electron chi connectivity index (χ0n) is 13.6. The van der Waals surface area contributed by atoms with E-state index in [1.54, 1.807) is 0 Å². The molecule has 4 rings (SSSR count). The first-order valence-electron chi connectivity index (χ1n) is 9.09. The largest absolute Gasteiger partial charge is 0.394 e. The average molecular weight is 324 g/mol. The molecule has 0 spiro atoms. The summed E-state index contributed by atoms with van der Waals surface area (Å²) in [6, 6.07) is 0.340. The van der Waals surface area contributed by atoms with E-state index in [-0.39, 0.29) is 12.6 Å². The molecule has 1 saturated heterocycles. The molecule has 4 unspecified atom stereocenters. The van der Waals surface area contributed by atoms with Crippen molar-refractivity contribution in [2.75, 3.05) is 33.0 Å². The highest BCUT2D eigenvalue weighted by Crippen LogP contribution is 2.65.